The standard InChI is InChI=1S/C10H9BrN2O4S/c11-7-1-3-8(4-2-7)18(16,17)13-5-9(14)12-10(15)6-13/h1-4H,5-6H2,(H,12,14,15). The fourth-order valence-electron chi connectivity index (χ4n) is 1.54. The van der Waals surface area contributed by atoms with Crippen LogP contribution in [0.4, 0.5) is 0 Å². The van der Waals surface area contributed by atoms with Gasteiger partial charge in [-0.3, -0.25) is 14.9 Å². The van der Waals surface area contributed by atoms with Gasteiger partial charge in [0, 0.05) is 4.47 Å². The molecule has 2 amide bonds. The molecule has 1 heterocycles. The smallest absolute Gasteiger partial charge is 0.244 e. The fourth-order valence-corrected chi connectivity index (χ4v) is 3.15. The predicted octanol–water partition coefficient (Wildman–Crippen LogP) is 0.0962. The third-order valence-electron chi connectivity index (χ3n) is 2.37. The molecule has 0 unspecified atom stereocenters. The zero-order chi connectivity index (χ0) is 13.3. The number of hydrogen-bond acceptors (Lipinski definition) is 4. The summed E-state index contributed by atoms with van der Waals surface area (Å²) in [4.78, 5) is 22.4. The fraction of sp³-hybridized carbons (Fsp3) is 0.200. The molecule has 0 spiro atoms. The number of hydrogen-bond donors (Lipinski definition) is 1. The van der Waals surface area contributed by atoms with Crippen LogP contribution in [-0.4, -0.2) is 37.6 Å². The van der Waals surface area contributed by atoms with E-state index in [1.54, 1.807) is 12.1 Å². The monoisotopic (exact) mass is 332 g/mol. The van der Waals surface area contributed by atoms with Gasteiger partial charge in [0.05, 0.1) is 18.0 Å². The highest BCUT2D eigenvalue weighted by molar-refractivity contribution is 9.10. The Balaban J connectivity index is 2.33. The summed E-state index contributed by atoms with van der Waals surface area (Å²) in [6.45, 7) is -0.686. The second kappa shape index (κ2) is 4.79. The van der Waals surface area contributed by atoms with E-state index in [2.05, 4.69) is 21.2 Å². The molecule has 1 N–H and O–H groups in total. The molecule has 0 aliphatic carbocycles. The van der Waals surface area contributed by atoms with Crippen LogP contribution in [0.1, 0.15) is 0 Å². The van der Waals surface area contributed by atoms with E-state index in [1.807, 2.05) is 0 Å². The highest BCUT2D eigenvalue weighted by atomic mass is 79.9. The Kier molecular flexibility index (Phi) is 3.51. The van der Waals surface area contributed by atoms with Crippen LogP contribution in [0.2, 0.25) is 0 Å². The zero-order valence-corrected chi connectivity index (χ0v) is 11.5. The molecular formula is C10H9BrN2O4S. The van der Waals surface area contributed by atoms with Crippen molar-refractivity contribution in [3.05, 3.63) is 28.7 Å². The number of imide groups is 1. The first kappa shape index (κ1) is 13.2. The summed E-state index contributed by atoms with van der Waals surface area (Å²) in [5, 5.41) is 2.05. The largest absolute Gasteiger partial charge is 0.294 e. The molecule has 1 saturated heterocycles. The second-order valence-electron chi connectivity index (χ2n) is 3.70. The van der Waals surface area contributed by atoms with E-state index >= 15 is 0 Å². The molecule has 96 valence electrons. The maximum atomic E-state index is 12.2. The number of halogens is 1. The molecule has 0 radical (unpaired) electrons. The van der Waals surface area contributed by atoms with Gasteiger partial charge in [-0.15, -0.1) is 0 Å². The summed E-state index contributed by atoms with van der Waals surface area (Å²) in [7, 11) is -3.81. The Hall–Kier alpha value is -1.25. The summed E-state index contributed by atoms with van der Waals surface area (Å²) in [6.07, 6.45) is 0. The summed E-state index contributed by atoms with van der Waals surface area (Å²) < 4.78 is 25.9. The molecule has 1 aliphatic rings. The van der Waals surface area contributed by atoms with Crippen LogP contribution in [-0.2, 0) is 19.6 Å². The van der Waals surface area contributed by atoms with Crippen LogP contribution in [0.25, 0.3) is 0 Å². The van der Waals surface area contributed by atoms with Gasteiger partial charge in [-0.1, -0.05) is 15.9 Å². The average Bonchev–Trinajstić information content (AvgIpc) is 2.28. The molecule has 0 saturated carbocycles. The Bertz CT molecular complexity index is 581. The lowest BCUT2D eigenvalue weighted by Gasteiger charge is -2.24. The molecule has 0 aromatic heterocycles. The Labute approximate surface area is 112 Å². The molecule has 18 heavy (non-hydrogen) atoms. The number of rotatable bonds is 2. The van der Waals surface area contributed by atoms with Crippen molar-refractivity contribution in [1.82, 2.24) is 9.62 Å². The summed E-state index contributed by atoms with van der Waals surface area (Å²) in [5.74, 6) is -1.24. The van der Waals surface area contributed by atoms with Gasteiger partial charge in [0.15, 0.2) is 0 Å². The van der Waals surface area contributed by atoms with Crippen LogP contribution in [0.3, 0.4) is 0 Å². The Morgan fingerprint density at radius 2 is 1.56 bits per heavy atom. The van der Waals surface area contributed by atoms with Gasteiger partial charge < -0.3 is 0 Å². The van der Waals surface area contributed by atoms with Crippen molar-refractivity contribution in [1.29, 1.82) is 0 Å². The first-order chi connectivity index (χ1) is 8.39. The summed E-state index contributed by atoms with van der Waals surface area (Å²) >= 11 is 3.20. The number of nitrogens with zero attached hydrogens (tertiary/aromatic N) is 1. The van der Waals surface area contributed by atoms with Gasteiger partial charge in [-0.05, 0) is 24.3 Å². The lowest BCUT2D eigenvalue weighted by Crippen LogP contribution is -2.53. The maximum absolute atomic E-state index is 12.2. The van der Waals surface area contributed by atoms with E-state index in [1.165, 1.54) is 12.1 Å². The van der Waals surface area contributed by atoms with E-state index in [-0.39, 0.29) is 18.0 Å². The molecular weight excluding hydrogens is 324 g/mol. The van der Waals surface area contributed by atoms with Crippen LogP contribution in [0.15, 0.2) is 33.6 Å². The minimum Gasteiger partial charge on any atom is -0.294 e. The van der Waals surface area contributed by atoms with Gasteiger partial charge in [-0.2, -0.15) is 4.31 Å². The molecule has 8 heteroatoms. The van der Waals surface area contributed by atoms with Gasteiger partial charge in [-0.25, -0.2) is 8.42 Å². The van der Waals surface area contributed by atoms with E-state index in [4.69, 9.17) is 0 Å². The zero-order valence-electron chi connectivity index (χ0n) is 9.09. The summed E-state index contributed by atoms with van der Waals surface area (Å²) in [5.41, 5.74) is 0. The van der Waals surface area contributed by atoms with Gasteiger partial charge >= 0.3 is 0 Å². The van der Waals surface area contributed by atoms with Gasteiger partial charge in [0.1, 0.15) is 0 Å². The number of carbonyl (C=O) groups is 2. The maximum Gasteiger partial charge on any atom is 0.244 e. The van der Waals surface area contributed by atoms with Crippen LogP contribution >= 0.6 is 15.9 Å². The number of nitrogens with one attached hydrogen (secondary N) is 1. The van der Waals surface area contributed by atoms with Crippen LogP contribution < -0.4 is 5.32 Å². The van der Waals surface area contributed by atoms with E-state index < -0.39 is 21.8 Å². The number of benzene rings is 1. The topological polar surface area (TPSA) is 83.6 Å². The lowest BCUT2D eigenvalue weighted by atomic mass is 10.4. The molecule has 0 bridgehead atoms. The van der Waals surface area contributed by atoms with Crippen molar-refractivity contribution >= 4 is 37.8 Å². The first-order valence-electron chi connectivity index (χ1n) is 4.98. The van der Waals surface area contributed by atoms with Crippen molar-refractivity contribution in [3.63, 3.8) is 0 Å². The quantitative estimate of drug-likeness (QED) is 0.778. The molecule has 0 atom stereocenters. The van der Waals surface area contributed by atoms with Crippen molar-refractivity contribution in [2.24, 2.45) is 0 Å². The Morgan fingerprint density at radius 3 is 2.06 bits per heavy atom. The minimum absolute atomic E-state index is 0.0493. The van der Waals surface area contributed by atoms with Crippen molar-refractivity contribution < 1.29 is 18.0 Å². The van der Waals surface area contributed by atoms with E-state index in [9.17, 15) is 18.0 Å². The third-order valence-corrected chi connectivity index (χ3v) is 4.70. The molecule has 1 fully saturated rings. The van der Waals surface area contributed by atoms with Crippen LogP contribution in [0, 0.1) is 0 Å². The highest BCUT2D eigenvalue weighted by Crippen LogP contribution is 2.19. The lowest BCUT2D eigenvalue weighted by molar-refractivity contribution is -0.134. The minimum atomic E-state index is -3.81. The molecule has 1 aliphatic heterocycles. The van der Waals surface area contributed by atoms with Crippen molar-refractivity contribution in [3.8, 4) is 0 Å². The normalized spacial score (nSPS) is 17.6. The average molecular weight is 333 g/mol. The van der Waals surface area contributed by atoms with Gasteiger partial charge in [0.25, 0.3) is 0 Å². The predicted molar refractivity (Wildman–Crippen MR) is 66.1 cm³/mol. The third kappa shape index (κ3) is 2.60. The van der Waals surface area contributed by atoms with Gasteiger partial charge in [0.2, 0.25) is 21.8 Å². The van der Waals surface area contributed by atoms with Crippen molar-refractivity contribution in [2.75, 3.05) is 13.1 Å². The SMILES string of the molecule is O=C1CN(S(=O)(=O)c2ccc(Br)cc2)CC(=O)N1. The molecule has 6 nitrogen and oxygen atoms in total. The highest BCUT2D eigenvalue weighted by Gasteiger charge is 2.32. The molecule has 1 aromatic rings. The number of piperazine rings is 1. The summed E-state index contributed by atoms with van der Waals surface area (Å²) in [6, 6.07) is 5.99. The Morgan fingerprint density at radius 1 is 1.06 bits per heavy atom. The first-order valence-corrected chi connectivity index (χ1v) is 7.21. The number of carbonyl (C=O) groups excluding carboxylic acids is 2. The van der Waals surface area contributed by atoms with E-state index in [0.29, 0.717) is 0 Å². The second-order valence-corrected chi connectivity index (χ2v) is 6.55. The number of sulfonamides is 1. The van der Waals surface area contributed by atoms with Crippen molar-refractivity contribution in [2.45, 2.75) is 4.90 Å². The molecule has 2 rings (SSSR count). The molecule has 1 aromatic carbocycles. The van der Waals surface area contributed by atoms with Crippen LogP contribution in [0.5, 0.6) is 0 Å². The number of amides is 2. The van der Waals surface area contributed by atoms with E-state index in [0.717, 1.165) is 8.78 Å².